The first kappa shape index (κ1) is 29.5. The molecule has 1 aromatic heterocycles. The Balaban J connectivity index is 1.23. The summed E-state index contributed by atoms with van der Waals surface area (Å²) in [7, 11) is 0. The van der Waals surface area contributed by atoms with Gasteiger partial charge in [0.15, 0.2) is 17.5 Å². The summed E-state index contributed by atoms with van der Waals surface area (Å²) in [6.45, 7) is 4.68. The van der Waals surface area contributed by atoms with Crippen LogP contribution in [-0.2, 0) is 5.41 Å². The predicted octanol–water partition coefficient (Wildman–Crippen LogP) is 12.3. The summed E-state index contributed by atoms with van der Waals surface area (Å²) in [5.41, 5.74) is 10.5. The van der Waals surface area contributed by atoms with E-state index in [4.69, 9.17) is 15.0 Å². The van der Waals surface area contributed by atoms with E-state index < -0.39 is 0 Å². The van der Waals surface area contributed by atoms with Gasteiger partial charge in [0, 0.05) is 27.5 Å². The molecule has 1 aliphatic rings. The largest absolute Gasteiger partial charge is 0.208 e. The minimum absolute atomic E-state index is 0.127. The van der Waals surface area contributed by atoms with Gasteiger partial charge in [-0.3, -0.25) is 0 Å². The molecule has 3 heteroatoms. The van der Waals surface area contributed by atoms with Crippen molar-refractivity contribution in [3.05, 3.63) is 175 Å². The van der Waals surface area contributed by atoms with E-state index in [1.165, 1.54) is 38.6 Å². The van der Waals surface area contributed by atoms with Crippen LogP contribution < -0.4 is 0 Å². The molecule has 0 bridgehead atoms. The van der Waals surface area contributed by atoms with Crippen LogP contribution in [0.3, 0.4) is 0 Å². The Labute approximate surface area is 297 Å². The lowest BCUT2D eigenvalue weighted by Gasteiger charge is -2.24. The van der Waals surface area contributed by atoms with Gasteiger partial charge in [-0.2, -0.15) is 0 Å². The highest BCUT2D eigenvalue weighted by molar-refractivity contribution is 6.21. The molecule has 0 radical (unpaired) electrons. The third kappa shape index (κ3) is 4.62. The van der Waals surface area contributed by atoms with Crippen molar-refractivity contribution in [2.45, 2.75) is 19.3 Å². The summed E-state index contributed by atoms with van der Waals surface area (Å²) >= 11 is 0. The van der Waals surface area contributed by atoms with Crippen LogP contribution in [0.4, 0.5) is 0 Å². The van der Waals surface area contributed by atoms with Crippen molar-refractivity contribution in [3.63, 3.8) is 0 Å². The fourth-order valence-electron chi connectivity index (χ4n) is 8.32. The van der Waals surface area contributed by atoms with Crippen molar-refractivity contribution in [1.29, 1.82) is 0 Å². The normalized spacial score (nSPS) is 13.1. The first-order chi connectivity index (χ1) is 25.0. The summed E-state index contributed by atoms with van der Waals surface area (Å²) in [5.74, 6) is 1.97. The van der Waals surface area contributed by atoms with E-state index in [0.29, 0.717) is 17.5 Å². The minimum Gasteiger partial charge on any atom is -0.208 e. The monoisotopic (exact) mass is 651 g/mol. The molecule has 0 amide bonds. The Hall–Kier alpha value is -6.45. The first-order valence-corrected chi connectivity index (χ1v) is 17.5. The molecule has 3 nitrogen and oxygen atoms in total. The molecule has 1 aliphatic carbocycles. The van der Waals surface area contributed by atoms with Gasteiger partial charge in [0.05, 0.1) is 0 Å². The number of rotatable bonds is 4. The Kier molecular flexibility index (Phi) is 6.53. The van der Waals surface area contributed by atoms with E-state index in [0.717, 1.165) is 43.8 Å². The highest BCUT2D eigenvalue weighted by Gasteiger charge is 2.37. The molecule has 0 unspecified atom stereocenters. The zero-order valence-electron chi connectivity index (χ0n) is 28.4. The third-order valence-corrected chi connectivity index (χ3v) is 10.7. The van der Waals surface area contributed by atoms with Crippen LogP contribution in [0.15, 0.2) is 164 Å². The van der Waals surface area contributed by atoms with Crippen LogP contribution in [0.2, 0.25) is 0 Å². The summed E-state index contributed by atoms with van der Waals surface area (Å²) < 4.78 is 0. The molecular weight excluding hydrogens is 619 g/mol. The van der Waals surface area contributed by atoms with E-state index >= 15 is 0 Å². The van der Waals surface area contributed by atoms with E-state index in [2.05, 4.69) is 159 Å². The predicted molar refractivity (Wildman–Crippen MR) is 212 cm³/mol. The van der Waals surface area contributed by atoms with Gasteiger partial charge in [0.1, 0.15) is 0 Å². The number of hydrogen-bond acceptors (Lipinski definition) is 3. The number of aromatic nitrogens is 3. The lowest BCUT2D eigenvalue weighted by atomic mass is 9.79. The van der Waals surface area contributed by atoms with Gasteiger partial charge in [-0.05, 0) is 72.4 Å². The number of benzene rings is 8. The molecule has 0 N–H and O–H groups in total. The van der Waals surface area contributed by atoms with Gasteiger partial charge in [-0.1, -0.05) is 166 Å². The summed E-state index contributed by atoms with van der Waals surface area (Å²) in [5, 5.41) is 6.96. The zero-order chi connectivity index (χ0) is 34.1. The van der Waals surface area contributed by atoms with Gasteiger partial charge in [0.2, 0.25) is 0 Å². The van der Waals surface area contributed by atoms with Gasteiger partial charge in [-0.25, -0.2) is 15.0 Å². The van der Waals surface area contributed by atoms with Gasteiger partial charge in [0.25, 0.3) is 0 Å². The van der Waals surface area contributed by atoms with Crippen molar-refractivity contribution < 1.29 is 0 Å². The fraction of sp³-hybridized carbons (Fsp3) is 0.0625. The molecule has 1 heterocycles. The van der Waals surface area contributed by atoms with Gasteiger partial charge < -0.3 is 0 Å². The third-order valence-electron chi connectivity index (χ3n) is 10.7. The fourth-order valence-corrected chi connectivity index (χ4v) is 8.32. The average Bonchev–Trinajstić information content (AvgIpc) is 3.43. The van der Waals surface area contributed by atoms with Crippen LogP contribution in [-0.4, -0.2) is 15.0 Å². The maximum atomic E-state index is 5.35. The van der Waals surface area contributed by atoms with Crippen molar-refractivity contribution in [1.82, 2.24) is 15.0 Å². The smallest absolute Gasteiger partial charge is 0.165 e. The summed E-state index contributed by atoms with van der Waals surface area (Å²) in [6.07, 6.45) is 0. The van der Waals surface area contributed by atoms with E-state index in [1.54, 1.807) is 0 Å². The van der Waals surface area contributed by atoms with Gasteiger partial charge in [-0.15, -0.1) is 0 Å². The lowest BCUT2D eigenvalue weighted by molar-refractivity contribution is 0.662. The van der Waals surface area contributed by atoms with Crippen LogP contribution in [0, 0.1) is 0 Å². The number of fused-ring (bicyclic) bond motifs is 7. The average molecular weight is 652 g/mol. The zero-order valence-corrected chi connectivity index (χ0v) is 28.4. The molecule has 0 atom stereocenters. The quantitative estimate of drug-likeness (QED) is 0.140. The molecule has 0 saturated carbocycles. The molecule has 8 aromatic carbocycles. The summed E-state index contributed by atoms with van der Waals surface area (Å²) in [4.78, 5) is 15.8. The molecule has 51 heavy (non-hydrogen) atoms. The van der Waals surface area contributed by atoms with Crippen molar-refractivity contribution >= 4 is 32.3 Å². The Morgan fingerprint density at radius 2 is 0.980 bits per heavy atom. The number of hydrogen-bond donors (Lipinski definition) is 0. The van der Waals surface area contributed by atoms with E-state index in [1.807, 2.05) is 18.2 Å². The van der Waals surface area contributed by atoms with Crippen LogP contribution >= 0.6 is 0 Å². The van der Waals surface area contributed by atoms with Crippen molar-refractivity contribution in [2.24, 2.45) is 0 Å². The van der Waals surface area contributed by atoms with Gasteiger partial charge >= 0.3 is 0 Å². The highest BCUT2D eigenvalue weighted by atomic mass is 15.0. The van der Waals surface area contributed by atoms with Crippen molar-refractivity contribution in [3.8, 4) is 56.4 Å². The minimum atomic E-state index is -0.127. The highest BCUT2D eigenvalue weighted by Crippen LogP contribution is 2.52. The molecule has 0 spiro atoms. The molecular formula is C48H33N3. The standard InChI is InChI=1S/C48H33N3/c1-48(2)41-25-11-10-22-39(41)40-24-13-23-38(44(40)48)33-18-12-19-35(29-33)46-49-45(31-15-4-3-5-16-31)50-47(51-46)43-37-21-9-7-17-32(37)28-34-27-26-30-14-6-8-20-36(30)42(34)43/h3-29H,1-2H3. The van der Waals surface area contributed by atoms with Crippen LogP contribution in [0.1, 0.15) is 25.0 Å². The van der Waals surface area contributed by atoms with E-state index in [9.17, 15) is 0 Å². The second kappa shape index (κ2) is 11.3. The maximum Gasteiger partial charge on any atom is 0.165 e. The van der Waals surface area contributed by atoms with Crippen LogP contribution in [0.25, 0.3) is 88.7 Å². The molecule has 9 aromatic rings. The topological polar surface area (TPSA) is 38.7 Å². The first-order valence-electron chi connectivity index (χ1n) is 17.5. The molecule has 10 rings (SSSR count). The second-order valence-electron chi connectivity index (χ2n) is 14.0. The van der Waals surface area contributed by atoms with Crippen LogP contribution in [0.5, 0.6) is 0 Å². The molecule has 240 valence electrons. The summed E-state index contributed by atoms with van der Waals surface area (Å²) in [6, 6.07) is 58.3. The molecule has 0 aliphatic heterocycles. The SMILES string of the molecule is CC1(C)c2ccccc2-c2cccc(-c3cccc(-c4nc(-c5ccccc5)nc(-c5c6ccccc6cc6ccc7ccccc7c56)n4)c3)c21. The second-order valence-corrected chi connectivity index (χ2v) is 14.0. The Bertz CT molecular complexity index is 2830. The van der Waals surface area contributed by atoms with E-state index in [-0.39, 0.29) is 5.41 Å². The molecule has 0 saturated heterocycles. The maximum absolute atomic E-state index is 5.35. The lowest BCUT2D eigenvalue weighted by Crippen LogP contribution is -2.16. The molecule has 0 fully saturated rings. The Morgan fingerprint density at radius 1 is 0.392 bits per heavy atom. The number of nitrogens with zero attached hydrogens (tertiary/aromatic N) is 3. The Morgan fingerprint density at radius 3 is 1.84 bits per heavy atom. The van der Waals surface area contributed by atoms with Crippen molar-refractivity contribution in [2.75, 3.05) is 0 Å².